The summed E-state index contributed by atoms with van der Waals surface area (Å²) in [5.41, 5.74) is 1.87. The number of hydrogen-bond acceptors (Lipinski definition) is 2. The second-order valence-electron chi connectivity index (χ2n) is 5.26. The molecule has 1 fully saturated rings. The van der Waals surface area contributed by atoms with Crippen LogP contribution in [0.2, 0.25) is 0 Å². The van der Waals surface area contributed by atoms with Crippen LogP contribution in [0.5, 0.6) is 0 Å². The molecular weight excluding hydrogens is 212 g/mol. The molecule has 1 heterocycles. The van der Waals surface area contributed by atoms with E-state index in [4.69, 9.17) is 0 Å². The molecule has 0 aliphatic heterocycles. The third kappa shape index (κ3) is 2.89. The zero-order valence-electron chi connectivity index (χ0n) is 11.1. The fourth-order valence-electron chi connectivity index (χ4n) is 2.83. The Kier molecular flexibility index (Phi) is 3.87. The number of hydrogen-bond donors (Lipinski definition) is 1. The van der Waals surface area contributed by atoms with E-state index in [0.717, 1.165) is 50.8 Å². The van der Waals surface area contributed by atoms with Crippen LogP contribution in [-0.2, 0) is 19.4 Å². The maximum Gasteiger partial charge on any atom is 0.0702 e. The van der Waals surface area contributed by atoms with E-state index in [1.165, 1.54) is 12.1 Å². The van der Waals surface area contributed by atoms with Crippen LogP contribution < -0.4 is 0 Å². The van der Waals surface area contributed by atoms with Gasteiger partial charge in [0.05, 0.1) is 11.3 Å². The Morgan fingerprint density at radius 1 is 1.29 bits per heavy atom. The van der Waals surface area contributed by atoms with Gasteiger partial charge in [0.25, 0.3) is 0 Å². The summed E-state index contributed by atoms with van der Waals surface area (Å²) in [5.74, 6) is 0. The summed E-state index contributed by atoms with van der Waals surface area (Å²) in [4.78, 5) is 0. The molecule has 1 aromatic heterocycles. The lowest BCUT2D eigenvalue weighted by molar-refractivity contribution is 0.00279. The van der Waals surface area contributed by atoms with Crippen LogP contribution in [0.1, 0.15) is 57.3 Å². The summed E-state index contributed by atoms with van der Waals surface area (Å²) in [6, 6.07) is 2.16. The van der Waals surface area contributed by atoms with Gasteiger partial charge in [-0.3, -0.25) is 4.68 Å². The molecule has 0 spiro atoms. The molecule has 0 amide bonds. The average molecular weight is 236 g/mol. The van der Waals surface area contributed by atoms with Gasteiger partial charge >= 0.3 is 0 Å². The molecule has 2 rings (SSSR count). The van der Waals surface area contributed by atoms with Gasteiger partial charge in [0.2, 0.25) is 0 Å². The van der Waals surface area contributed by atoms with Gasteiger partial charge in [-0.2, -0.15) is 5.10 Å². The molecule has 0 unspecified atom stereocenters. The zero-order valence-corrected chi connectivity index (χ0v) is 11.1. The second kappa shape index (κ2) is 5.21. The van der Waals surface area contributed by atoms with Gasteiger partial charge in [0, 0.05) is 18.7 Å². The zero-order chi connectivity index (χ0) is 12.3. The van der Waals surface area contributed by atoms with Crippen molar-refractivity contribution in [3.63, 3.8) is 0 Å². The van der Waals surface area contributed by atoms with E-state index in [1.807, 2.05) is 4.68 Å². The number of rotatable bonds is 4. The molecule has 1 N–H and O–H groups in total. The molecule has 1 aromatic rings. The van der Waals surface area contributed by atoms with Crippen LogP contribution in [0.3, 0.4) is 0 Å². The molecule has 0 saturated heterocycles. The molecule has 3 heteroatoms. The van der Waals surface area contributed by atoms with Crippen molar-refractivity contribution in [3.8, 4) is 0 Å². The van der Waals surface area contributed by atoms with Crippen molar-refractivity contribution in [1.29, 1.82) is 0 Å². The molecule has 0 aromatic carbocycles. The van der Waals surface area contributed by atoms with Gasteiger partial charge in [-0.25, -0.2) is 0 Å². The Hall–Kier alpha value is -0.830. The lowest BCUT2D eigenvalue weighted by Crippen LogP contribution is -2.34. The summed E-state index contributed by atoms with van der Waals surface area (Å²) in [5, 5.41) is 15.1. The van der Waals surface area contributed by atoms with E-state index < -0.39 is 5.60 Å². The normalized spacial score (nSPS) is 19.5. The summed E-state index contributed by atoms with van der Waals surface area (Å²) >= 11 is 0. The Morgan fingerprint density at radius 2 is 2.00 bits per heavy atom. The molecule has 17 heavy (non-hydrogen) atoms. The Labute approximate surface area is 104 Å². The van der Waals surface area contributed by atoms with Gasteiger partial charge in [-0.1, -0.05) is 26.2 Å². The molecule has 1 aliphatic rings. The van der Waals surface area contributed by atoms with Crippen molar-refractivity contribution in [2.75, 3.05) is 0 Å². The summed E-state index contributed by atoms with van der Waals surface area (Å²) in [6.07, 6.45) is 7.24. The average Bonchev–Trinajstić information content (AvgIpc) is 2.71. The Balaban J connectivity index is 2.13. The van der Waals surface area contributed by atoms with E-state index in [1.54, 1.807) is 0 Å². The minimum atomic E-state index is -0.476. The van der Waals surface area contributed by atoms with Crippen molar-refractivity contribution in [2.24, 2.45) is 0 Å². The van der Waals surface area contributed by atoms with Crippen LogP contribution in [-0.4, -0.2) is 20.5 Å². The van der Waals surface area contributed by atoms with Crippen molar-refractivity contribution >= 4 is 0 Å². The predicted molar refractivity (Wildman–Crippen MR) is 69.0 cm³/mol. The fourth-order valence-corrected chi connectivity index (χ4v) is 2.83. The van der Waals surface area contributed by atoms with Gasteiger partial charge in [0.1, 0.15) is 0 Å². The van der Waals surface area contributed by atoms with Crippen LogP contribution in [0.15, 0.2) is 6.07 Å². The molecule has 1 aliphatic carbocycles. The van der Waals surface area contributed by atoms with Crippen LogP contribution >= 0.6 is 0 Å². The minimum Gasteiger partial charge on any atom is -0.389 e. The van der Waals surface area contributed by atoms with Crippen molar-refractivity contribution in [3.05, 3.63) is 17.5 Å². The number of aryl methyl sites for hydroxylation is 2. The Bertz CT molecular complexity index is 364. The highest BCUT2D eigenvalue weighted by Gasteiger charge is 2.30. The molecule has 0 radical (unpaired) electrons. The molecule has 3 nitrogen and oxygen atoms in total. The first kappa shape index (κ1) is 12.6. The first-order valence-electron chi connectivity index (χ1n) is 6.95. The van der Waals surface area contributed by atoms with E-state index >= 15 is 0 Å². The minimum absolute atomic E-state index is 0.476. The fraction of sp³-hybridized carbons (Fsp3) is 0.786. The number of nitrogens with zero attached hydrogens (tertiary/aromatic N) is 2. The third-order valence-electron chi connectivity index (χ3n) is 3.87. The van der Waals surface area contributed by atoms with Gasteiger partial charge in [-0.05, 0) is 32.3 Å². The lowest BCUT2D eigenvalue weighted by Gasteiger charge is -2.32. The number of aromatic nitrogens is 2. The molecule has 0 atom stereocenters. The molecule has 1 saturated carbocycles. The summed E-state index contributed by atoms with van der Waals surface area (Å²) in [7, 11) is 0. The first-order valence-corrected chi connectivity index (χ1v) is 6.95. The topological polar surface area (TPSA) is 38.0 Å². The maximum atomic E-state index is 10.6. The molecule has 96 valence electrons. The van der Waals surface area contributed by atoms with E-state index in [-0.39, 0.29) is 0 Å². The Morgan fingerprint density at radius 3 is 2.59 bits per heavy atom. The van der Waals surface area contributed by atoms with E-state index in [0.29, 0.717) is 0 Å². The summed E-state index contributed by atoms with van der Waals surface area (Å²) in [6.45, 7) is 5.13. The van der Waals surface area contributed by atoms with Crippen LogP contribution in [0, 0.1) is 0 Å². The second-order valence-corrected chi connectivity index (χ2v) is 5.26. The molecule has 0 bridgehead atoms. The maximum absolute atomic E-state index is 10.6. The lowest BCUT2D eigenvalue weighted by atomic mass is 9.81. The standard InChI is InChI=1S/C14H24N2O/c1-3-12-10-13(16(4-2)15-12)11-14(17)8-6-5-7-9-14/h10,17H,3-9,11H2,1-2H3. The van der Waals surface area contributed by atoms with Crippen molar-refractivity contribution < 1.29 is 5.11 Å². The highest BCUT2D eigenvalue weighted by Crippen LogP contribution is 2.31. The SMILES string of the molecule is CCc1cc(CC2(O)CCCCC2)n(CC)n1. The largest absolute Gasteiger partial charge is 0.389 e. The monoisotopic (exact) mass is 236 g/mol. The smallest absolute Gasteiger partial charge is 0.0702 e. The highest BCUT2D eigenvalue weighted by molar-refractivity contribution is 5.13. The quantitative estimate of drug-likeness (QED) is 0.873. The van der Waals surface area contributed by atoms with Crippen molar-refractivity contribution in [1.82, 2.24) is 9.78 Å². The van der Waals surface area contributed by atoms with Crippen LogP contribution in [0.25, 0.3) is 0 Å². The molecular formula is C14H24N2O. The third-order valence-corrected chi connectivity index (χ3v) is 3.87. The van der Waals surface area contributed by atoms with Crippen LogP contribution in [0.4, 0.5) is 0 Å². The van der Waals surface area contributed by atoms with Gasteiger partial charge in [-0.15, -0.1) is 0 Å². The van der Waals surface area contributed by atoms with Gasteiger partial charge < -0.3 is 5.11 Å². The summed E-state index contributed by atoms with van der Waals surface area (Å²) < 4.78 is 2.05. The first-order chi connectivity index (χ1) is 8.17. The van der Waals surface area contributed by atoms with E-state index in [2.05, 4.69) is 25.0 Å². The van der Waals surface area contributed by atoms with Gasteiger partial charge in [0.15, 0.2) is 0 Å². The highest BCUT2D eigenvalue weighted by atomic mass is 16.3. The number of aliphatic hydroxyl groups is 1. The van der Waals surface area contributed by atoms with Crippen molar-refractivity contribution in [2.45, 2.75) is 70.9 Å². The van der Waals surface area contributed by atoms with E-state index in [9.17, 15) is 5.11 Å². The predicted octanol–water partition coefficient (Wildman–Crippen LogP) is 2.70.